The first-order chi connectivity index (χ1) is 7.36. The number of hydrogen-bond donors (Lipinski definition) is 1. The zero-order chi connectivity index (χ0) is 12.3. The van der Waals surface area contributed by atoms with Crippen molar-refractivity contribution in [2.45, 2.75) is 33.2 Å². The first kappa shape index (κ1) is 13.5. The van der Waals surface area contributed by atoms with E-state index in [0.717, 1.165) is 19.6 Å². The van der Waals surface area contributed by atoms with Crippen molar-refractivity contribution in [3.05, 3.63) is 0 Å². The fraction of sp³-hybridized carbons (Fsp3) is 0.917. The van der Waals surface area contributed by atoms with Crippen molar-refractivity contribution in [3.63, 3.8) is 0 Å². The first-order valence-electron chi connectivity index (χ1n) is 6.09. The maximum Gasteiger partial charge on any atom is 0.236 e. The number of nitrogens with two attached hydrogens (primary N) is 1. The van der Waals surface area contributed by atoms with Crippen LogP contribution in [0.25, 0.3) is 0 Å². The smallest absolute Gasteiger partial charge is 0.236 e. The van der Waals surface area contributed by atoms with E-state index in [1.165, 1.54) is 0 Å². The second-order valence-corrected chi connectivity index (χ2v) is 5.67. The topological polar surface area (TPSA) is 49.6 Å². The fourth-order valence-electron chi connectivity index (χ4n) is 1.99. The number of carbonyl (C=O) groups excluding carboxylic acids is 1. The van der Waals surface area contributed by atoms with Gasteiger partial charge in [-0.05, 0) is 19.8 Å². The van der Waals surface area contributed by atoms with Crippen molar-refractivity contribution in [3.8, 4) is 0 Å². The van der Waals surface area contributed by atoms with Gasteiger partial charge in [-0.2, -0.15) is 0 Å². The van der Waals surface area contributed by atoms with E-state index in [4.69, 9.17) is 5.73 Å². The molecule has 0 aromatic rings. The molecular weight excluding hydrogens is 202 g/mol. The number of piperazine rings is 1. The Labute approximate surface area is 98.8 Å². The number of nitrogens with zero attached hydrogens (tertiary/aromatic N) is 2. The molecule has 1 aliphatic rings. The molecule has 0 atom stereocenters. The van der Waals surface area contributed by atoms with Crippen LogP contribution in [0.1, 0.15) is 27.7 Å². The van der Waals surface area contributed by atoms with E-state index in [1.54, 1.807) is 0 Å². The van der Waals surface area contributed by atoms with Gasteiger partial charge in [-0.25, -0.2) is 0 Å². The summed E-state index contributed by atoms with van der Waals surface area (Å²) >= 11 is 0. The molecule has 16 heavy (non-hydrogen) atoms. The Morgan fingerprint density at radius 2 is 2.00 bits per heavy atom. The lowest BCUT2D eigenvalue weighted by atomic mass is 10.0. The summed E-state index contributed by atoms with van der Waals surface area (Å²) in [7, 11) is 0. The van der Waals surface area contributed by atoms with E-state index in [2.05, 4.69) is 32.6 Å². The van der Waals surface area contributed by atoms with Gasteiger partial charge in [-0.1, -0.05) is 13.8 Å². The summed E-state index contributed by atoms with van der Waals surface area (Å²) in [6, 6.07) is 0. The average Bonchev–Trinajstić information content (AvgIpc) is 2.20. The minimum absolute atomic E-state index is 0.0699. The molecule has 0 aromatic heterocycles. The van der Waals surface area contributed by atoms with Crippen LogP contribution in [0.5, 0.6) is 0 Å². The van der Waals surface area contributed by atoms with Crippen molar-refractivity contribution in [2.24, 2.45) is 11.7 Å². The molecule has 4 heteroatoms. The van der Waals surface area contributed by atoms with Gasteiger partial charge in [-0.3, -0.25) is 9.69 Å². The van der Waals surface area contributed by atoms with Crippen LogP contribution in [0.4, 0.5) is 0 Å². The van der Waals surface area contributed by atoms with Gasteiger partial charge in [0.1, 0.15) is 0 Å². The molecule has 1 rings (SSSR count). The largest absolute Gasteiger partial charge is 0.340 e. The molecule has 0 bridgehead atoms. The van der Waals surface area contributed by atoms with Gasteiger partial charge >= 0.3 is 0 Å². The Balaban J connectivity index is 2.55. The summed E-state index contributed by atoms with van der Waals surface area (Å²) in [6.07, 6.45) is 0. The van der Waals surface area contributed by atoms with E-state index in [9.17, 15) is 4.79 Å². The van der Waals surface area contributed by atoms with E-state index < -0.39 is 0 Å². The number of amides is 1. The summed E-state index contributed by atoms with van der Waals surface area (Å²) in [5.41, 5.74) is 5.66. The standard InChI is InChI=1S/C12H25N3O/c1-10(2)7-14-5-6-15(8-11(14)16)12(3,4)9-13/h10H,5-9,13H2,1-4H3. The molecule has 2 N–H and O–H groups in total. The van der Waals surface area contributed by atoms with Crippen LogP contribution in [0.2, 0.25) is 0 Å². The summed E-state index contributed by atoms with van der Waals surface area (Å²) in [4.78, 5) is 16.1. The lowest BCUT2D eigenvalue weighted by Gasteiger charge is -2.43. The highest BCUT2D eigenvalue weighted by molar-refractivity contribution is 5.79. The van der Waals surface area contributed by atoms with Crippen LogP contribution in [0.3, 0.4) is 0 Å². The first-order valence-corrected chi connectivity index (χ1v) is 6.09. The third-order valence-electron chi connectivity index (χ3n) is 3.26. The molecule has 0 aliphatic carbocycles. The van der Waals surface area contributed by atoms with Crippen LogP contribution in [-0.4, -0.2) is 54.0 Å². The Morgan fingerprint density at radius 1 is 1.38 bits per heavy atom. The van der Waals surface area contributed by atoms with Crippen LogP contribution >= 0.6 is 0 Å². The second-order valence-electron chi connectivity index (χ2n) is 5.67. The molecule has 0 spiro atoms. The summed E-state index contributed by atoms with van der Waals surface area (Å²) < 4.78 is 0. The molecule has 4 nitrogen and oxygen atoms in total. The maximum atomic E-state index is 11.9. The van der Waals surface area contributed by atoms with Crippen molar-refractivity contribution in [1.82, 2.24) is 9.80 Å². The summed E-state index contributed by atoms with van der Waals surface area (Å²) in [6.45, 7) is 12.2. The lowest BCUT2D eigenvalue weighted by Crippen LogP contribution is -2.59. The Hall–Kier alpha value is -0.610. The minimum Gasteiger partial charge on any atom is -0.340 e. The van der Waals surface area contributed by atoms with E-state index in [-0.39, 0.29) is 11.4 Å². The maximum absolute atomic E-state index is 11.9. The Kier molecular flexibility index (Phi) is 4.33. The highest BCUT2D eigenvalue weighted by atomic mass is 16.2. The van der Waals surface area contributed by atoms with Crippen LogP contribution in [0, 0.1) is 5.92 Å². The number of hydrogen-bond acceptors (Lipinski definition) is 3. The van der Waals surface area contributed by atoms with E-state index >= 15 is 0 Å². The van der Waals surface area contributed by atoms with Gasteiger partial charge < -0.3 is 10.6 Å². The van der Waals surface area contributed by atoms with Crippen LogP contribution in [-0.2, 0) is 4.79 Å². The molecule has 0 aromatic carbocycles. The second kappa shape index (κ2) is 5.15. The van der Waals surface area contributed by atoms with Crippen LogP contribution < -0.4 is 5.73 Å². The van der Waals surface area contributed by atoms with E-state index in [1.807, 2.05) is 4.90 Å². The SMILES string of the molecule is CC(C)CN1CCN(C(C)(C)CN)CC1=O. The molecule has 1 fully saturated rings. The van der Waals surface area contributed by atoms with Gasteiger partial charge in [0.05, 0.1) is 6.54 Å². The van der Waals surface area contributed by atoms with Crippen LogP contribution in [0.15, 0.2) is 0 Å². The molecule has 94 valence electrons. The number of carbonyl (C=O) groups is 1. The van der Waals surface area contributed by atoms with Gasteiger partial charge in [-0.15, -0.1) is 0 Å². The molecule has 1 aliphatic heterocycles. The van der Waals surface area contributed by atoms with Crippen molar-refractivity contribution >= 4 is 5.91 Å². The van der Waals surface area contributed by atoms with Crippen molar-refractivity contribution in [2.75, 3.05) is 32.7 Å². The zero-order valence-corrected chi connectivity index (χ0v) is 11.0. The number of rotatable bonds is 4. The molecular formula is C12H25N3O. The quantitative estimate of drug-likeness (QED) is 0.762. The van der Waals surface area contributed by atoms with Crippen molar-refractivity contribution in [1.29, 1.82) is 0 Å². The molecule has 0 unspecified atom stereocenters. The Morgan fingerprint density at radius 3 is 2.44 bits per heavy atom. The molecule has 1 saturated heterocycles. The van der Waals surface area contributed by atoms with Crippen molar-refractivity contribution < 1.29 is 4.79 Å². The summed E-state index contributed by atoms with van der Waals surface area (Å²) in [5.74, 6) is 0.777. The molecule has 1 amide bonds. The normalized spacial score (nSPS) is 19.6. The highest BCUT2D eigenvalue weighted by Gasteiger charge is 2.32. The predicted octanol–water partition coefficient (Wildman–Crippen LogP) is 0.524. The van der Waals surface area contributed by atoms with Gasteiger partial charge in [0, 0.05) is 31.7 Å². The van der Waals surface area contributed by atoms with Gasteiger partial charge in [0.25, 0.3) is 0 Å². The fourth-order valence-corrected chi connectivity index (χ4v) is 1.99. The average molecular weight is 227 g/mol. The molecule has 0 radical (unpaired) electrons. The van der Waals surface area contributed by atoms with Gasteiger partial charge in [0.15, 0.2) is 0 Å². The molecule has 1 heterocycles. The highest BCUT2D eigenvalue weighted by Crippen LogP contribution is 2.16. The summed E-state index contributed by atoms with van der Waals surface area (Å²) in [5, 5.41) is 0. The minimum atomic E-state index is -0.0699. The third kappa shape index (κ3) is 3.19. The van der Waals surface area contributed by atoms with Gasteiger partial charge in [0.2, 0.25) is 5.91 Å². The monoisotopic (exact) mass is 227 g/mol. The third-order valence-corrected chi connectivity index (χ3v) is 3.26. The predicted molar refractivity (Wildman–Crippen MR) is 66.1 cm³/mol. The Bertz CT molecular complexity index is 251. The van der Waals surface area contributed by atoms with E-state index in [0.29, 0.717) is 19.0 Å². The zero-order valence-electron chi connectivity index (χ0n) is 11.0. The molecule has 0 saturated carbocycles. The lowest BCUT2D eigenvalue weighted by molar-refractivity contribution is -0.139.